The Bertz CT molecular complexity index is 1090. The van der Waals surface area contributed by atoms with Gasteiger partial charge in [-0.2, -0.15) is 0 Å². The molecule has 0 spiro atoms. The molecule has 4 aliphatic carbocycles. The van der Waals surface area contributed by atoms with Crippen molar-refractivity contribution in [2.45, 2.75) is 111 Å². The van der Waals surface area contributed by atoms with Gasteiger partial charge in [0.15, 0.2) is 0 Å². The van der Waals surface area contributed by atoms with E-state index in [4.69, 9.17) is 10.5 Å². The molecular formula is C31H47NO6. The predicted molar refractivity (Wildman–Crippen MR) is 146 cm³/mol. The second-order valence-electron chi connectivity index (χ2n) is 13.8. The summed E-state index contributed by atoms with van der Waals surface area (Å²) >= 11 is 0. The topological polar surface area (TPSA) is 130 Å². The highest BCUT2D eigenvalue weighted by Crippen LogP contribution is 2.74. The summed E-state index contributed by atoms with van der Waals surface area (Å²) in [5, 5.41) is 33.0. The predicted octanol–water partition coefficient (Wildman–Crippen LogP) is 4.52. The SMILES string of the molecule is CC(=O)O[C@H]1C[C@@]2(C)[C@@H](C[C@@H](O)[C@H]3[C@@]4(C)CC[C@@H](O)[C@](C)(N)[C@@H]4CC[C@@]32C)/C1=C(\C=C/C=C(C)C)C(=O)O. The van der Waals surface area contributed by atoms with Crippen molar-refractivity contribution < 1.29 is 29.6 Å². The van der Waals surface area contributed by atoms with Crippen molar-refractivity contribution in [3.05, 3.63) is 34.9 Å². The maximum Gasteiger partial charge on any atom is 0.335 e. The van der Waals surface area contributed by atoms with E-state index in [2.05, 4.69) is 20.8 Å². The molecule has 4 fully saturated rings. The first-order chi connectivity index (χ1) is 17.5. The molecule has 4 aliphatic rings. The molecule has 4 saturated carbocycles. The lowest BCUT2D eigenvalue weighted by molar-refractivity contribution is -0.237. The summed E-state index contributed by atoms with van der Waals surface area (Å²) in [7, 11) is 0. The Kier molecular flexibility index (Phi) is 7.33. The first kappa shape index (κ1) is 29.0. The number of rotatable bonds is 4. The van der Waals surface area contributed by atoms with Gasteiger partial charge in [-0.05, 0) is 105 Å². The molecule has 0 aromatic carbocycles. The molecule has 0 aromatic heterocycles. The minimum absolute atomic E-state index is 0.0638. The van der Waals surface area contributed by atoms with Crippen LogP contribution in [0.3, 0.4) is 0 Å². The molecule has 0 amide bonds. The van der Waals surface area contributed by atoms with Crippen LogP contribution in [-0.2, 0) is 14.3 Å². The monoisotopic (exact) mass is 529 g/mol. The molecule has 7 nitrogen and oxygen atoms in total. The average molecular weight is 530 g/mol. The molecule has 4 rings (SSSR count). The Morgan fingerprint density at radius 3 is 2.26 bits per heavy atom. The highest BCUT2D eigenvalue weighted by molar-refractivity contribution is 5.91. The largest absolute Gasteiger partial charge is 0.478 e. The number of allylic oxidation sites excluding steroid dienone is 3. The van der Waals surface area contributed by atoms with E-state index >= 15 is 0 Å². The van der Waals surface area contributed by atoms with Crippen molar-refractivity contribution in [3.8, 4) is 0 Å². The number of fused-ring (bicyclic) bond motifs is 5. The molecule has 0 unspecified atom stereocenters. The third-order valence-electron chi connectivity index (χ3n) is 11.4. The summed E-state index contributed by atoms with van der Waals surface area (Å²) in [6.07, 6.45) is 7.22. The van der Waals surface area contributed by atoms with Crippen molar-refractivity contribution in [1.82, 2.24) is 0 Å². The number of hydrogen-bond acceptors (Lipinski definition) is 6. The van der Waals surface area contributed by atoms with Gasteiger partial charge in [-0.15, -0.1) is 0 Å². The lowest BCUT2D eigenvalue weighted by Gasteiger charge is -2.70. The fourth-order valence-corrected chi connectivity index (χ4v) is 9.62. The molecule has 38 heavy (non-hydrogen) atoms. The Morgan fingerprint density at radius 2 is 1.68 bits per heavy atom. The van der Waals surface area contributed by atoms with Gasteiger partial charge >= 0.3 is 11.9 Å². The van der Waals surface area contributed by atoms with Crippen LogP contribution in [0.25, 0.3) is 0 Å². The molecule has 0 radical (unpaired) electrons. The van der Waals surface area contributed by atoms with Crippen LogP contribution in [0.1, 0.15) is 87.0 Å². The van der Waals surface area contributed by atoms with Gasteiger partial charge in [-0.1, -0.05) is 38.5 Å². The van der Waals surface area contributed by atoms with E-state index in [-0.39, 0.29) is 34.2 Å². The third-order valence-corrected chi connectivity index (χ3v) is 11.4. The van der Waals surface area contributed by atoms with Crippen LogP contribution in [0.4, 0.5) is 0 Å². The second kappa shape index (κ2) is 9.60. The van der Waals surface area contributed by atoms with Gasteiger partial charge in [0.1, 0.15) is 6.10 Å². The van der Waals surface area contributed by atoms with Crippen molar-refractivity contribution in [2.24, 2.45) is 39.7 Å². The Balaban J connectivity index is 1.87. The maximum atomic E-state index is 12.6. The molecule has 7 heteroatoms. The van der Waals surface area contributed by atoms with Crippen LogP contribution >= 0.6 is 0 Å². The van der Waals surface area contributed by atoms with Gasteiger partial charge in [0.25, 0.3) is 0 Å². The fraction of sp³-hybridized carbons (Fsp3) is 0.742. The van der Waals surface area contributed by atoms with Crippen LogP contribution in [0, 0.1) is 34.0 Å². The van der Waals surface area contributed by atoms with Crippen molar-refractivity contribution in [1.29, 1.82) is 0 Å². The van der Waals surface area contributed by atoms with Crippen molar-refractivity contribution in [3.63, 3.8) is 0 Å². The first-order valence-corrected chi connectivity index (χ1v) is 14.1. The maximum absolute atomic E-state index is 12.6. The van der Waals surface area contributed by atoms with E-state index in [9.17, 15) is 24.9 Å². The summed E-state index contributed by atoms with van der Waals surface area (Å²) in [6.45, 7) is 13.9. The minimum atomic E-state index is -1.06. The zero-order valence-corrected chi connectivity index (χ0v) is 24.1. The number of aliphatic carboxylic acids is 1. The van der Waals surface area contributed by atoms with Crippen LogP contribution in [0.15, 0.2) is 34.9 Å². The lowest BCUT2D eigenvalue weighted by Crippen LogP contribution is -2.71. The number of nitrogens with two attached hydrogens (primary N) is 1. The Morgan fingerprint density at radius 1 is 1.03 bits per heavy atom. The average Bonchev–Trinajstić information content (AvgIpc) is 3.05. The van der Waals surface area contributed by atoms with Gasteiger partial charge in [0.05, 0.1) is 17.8 Å². The van der Waals surface area contributed by atoms with E-state index in [1.54, 1.807) is 12.2 Å². The molecular weight excluding hydrogens is 482 g/mol. The molecule has 0 saturated heterocycles. The normalized spacial score (nSPS) is 47.5. The fourth-order valence-electron chi connectivity index (χ4n) is 9.62. The van der Waals surface area contributed by atoms with E-state index < -0.39 is 41.2 Å². The number of aliphatic hydroxyl groups excluding tert-OH is 2. The number of ether oxygens (including phenoxy) is 1. The van der Waals surface area contributed by atoms with Crippen LogP contribution < -0.4 is 5.73 Å². The number of aliphatic hydroxyl groups is 2. The number of carboxylic acids is 1. The smallest absolute Gasteiger partial charge is 0.335 e. The summed E-state index contributed by atoms with van der Waals surface area (Å²) < 4.78 is 5.83. The number of esters is 1. The van der Waals surface area contributed by atoms with Gasteiger partial charge in [-0.25, -0.2) is 4.79 Å². The van der Waals surface area contributed by atoms with Crippen LogP contribution in [0.5, 0.6) is 0 Å². The zero-order valence-electron chi connectivity index (χ0n) is 24.1. The molecule has 212 valence electrons. The lowest BCUT2D eigenvalue weighted by atomic mass is 9.36. The van der Waals surface area contributed by atoms with E-state index in [1.807, 2.05) is 26.8 Å². The van der Waals surface area contributed by atoms with Crippen LogP contribution in [-0.4, -0.2) is 51.1 Å². The summed E-state index contributed by atoms with van der Waals surface area (Å²) in [4.78, 5) is 24.8. The third kappa shape index (κ3) is 4.20. The Hall–Kier alpha value is -1.96. The molecule has 0 aliphatic heterocycles. The molecule has 0 heterocycles. The summed E-state index contributed by atoms with van der Waals surface area (Å²) in [5.74, 6) is -1.75. The standard InChI is InChI=1S/C31H47NO6/c1-17(2)9-8-10-19(27(36)37)25-20-15-21(34)26-28(4)13-12-24(35)31(7,32)23(28)11-14-29(26,5)30(20,6)16-22(25)38-18(3)33/h8-10,20-24,26,34-35H,11-16,32H2,1-7H3,(H,36,37)/b10-8-,25-19-/t20-,21+,22-,23+,24+,26-,28-,29-,30-,31+/m0/s1. The Labute approximate surface area is 227 Å². The zero-order chi connectivity index (χ0) is 28.4. The van der Waals surface area contributed by atoms with E-state index in [0.717, 1.165) is 24.8 Å². The van der Waals surface area contributed by atoms with Gasteiger partial charge in [0, 0.05) is 12.5 Å². The molecule has 0 bridgehead atoms. The van der Waals surface area contributed by atoms with Crippen molar-refractivity contribution in [2.75, 3.05) is 0 Å². The molecule has 10 atom stereocenters. The summed E-state index contributed by atoms with van der Waals surface area (Å²) in [6, 6.07) is 0. The van der Waals surface area contributed by atoms with Gasteiger partial charge in [0.2, 0.25) is 0 Å². The van der Waals surface area contributed by atoms with E-state index in [0.29, 0.717) is 24.8 Å². The molecule has 5 N–H and O–H groups in total. The number of carboxylic acid groups (broad SMARTS) is 1. The second-order valence-corrected chi connectivity index (χ2v) is 13.8. The van der Waals surface area contributed by atoms with E-state index in [1.165, 1.54) is 6.92 Å². The number of hydrogen-bond donors (Lipinski definition) is 4. The number of carbonyl (C=O) groups excluding carboxylic acids is 1. The summed E-state index contributed by atoms with van der Waals surface area (Å²) in [5.41, 5.74) is 6.83. The van der Waals surface area contributed by atoms with Crippen LogP contribution in [0.2, 0.25) is 0 Å². The molecule has 0 aromatic rings. The van der Waals surface area contributed by atoms with Gasteiger partial charge in [-0.3, -0.25) is 4.79 Å². The quantitative estimate of drug-likeness (QED) is 0.239. The first-order valence-electron chi connectivity index (χ1n) is 14.1. The minimum Gasteiger partial charge on any atom is -0.478 e. The van der Waals surface area contributed by atoms with Crippen molar-refractivity contribution >= 4 is 11.9 Å². The highest BCUT2D eigenvalue weighted by Gasteiger charge is 2.72. The number of carbonyl (C=O) groups is 2. The van der Waals surface area contributed by atoms with Gasteiger partial charge < -0.3 is 25.8 Å². The highest BCUT2D eigenvalue weighted by atomic mass is 16.5.